The predicted octanol–water partition coefficient (Wildman–Crippen LogP) is 2.54. The van der Waals surface area contributed by atoms with Crippen LogP contribution in [0.2, 0.25) is 0 Å². The summed E-state index contributed by atoms with van der Waals surface area (Å²) in [4.78, 5) is 1.73. The lowest BCUT2D eigenvalue weighted by atomic mass is 10.0. The van der Waals surface area contributed by atoms with Gasteiger partial charge in [0.2, 0.25) is 0 Å². The van der Waals surface area contributed by atoms with E-state index in [0.717, 1.165) is 10.8 Å². The Bertz CT molecular complexity index is 649. The van der Waals surface area contributed by atoms with Gasteiger partial charge < -0.3 is 15.7 Å². The summed E-state index contributed by atoms with van der Waals surface area (Å²) < 4.78 is 25.5. The number of thiocarbonyl (C=S) groups is 1. The number of aliphatic hydroxyl groups excluding tert-OH is 1. The van der Waals surface area contributed by atoms with Crippen molar-refractivity contribution in [3.8, 4) is 0 Å². The maximum absolute atomic E-state index is 12.7. The zero-order chi connectivity index (χ0) is 15.4. The molecule has 0 aliphatic carbocycles. The van der Waals surface area contributed by atoms with Gasteiger partial charge in [-0.3, -0.25) is 0 Å². The van der Waals surface area contributed by atoms with Gasteiger partial charge in [0, 0.05) is 23.2 Å². The van der Waals surface area contributed by atoms with Gasteiger partial charge in [0.1, 0.15) is 4.99 Å². The molecule has 21 heavy (non-hydrogen) atoms. The van der Waals surface area contributed by atoms with Gasteiger partial charge in [-0.2, -0.15) is 0 Å². The highest BCUT2D eigenvalue weighted by atomic mass is 32.1. The number of alkyl halides is 2. The van der Waals surface area contributed by atoms with E-state index < -0.39 is 13.0 Å². The predicted molar refractivity (Wildman–Crippen MR) is 85.1 cm³/mol. The molecule has 0 fully saturated rings. The Hall–Kier alpha value is -1.79. The number of anilines is 1. The Kier molecular flexibility index (Phi) is 5.03. The van der Waals surface area contributed by atoms with Gasteiger partial charge in [0.15, 0.2) is 0 Å². The third-order valence-corrected chi connectivity index (χ3v) is 3.46. The molecule has 0 radical (unpaired) electrons. The Morgan fingerprint density at radius 2 is 1.86 bits per heavy atom. The van der Waals surface area contributed by atoms with Crippen molar-refractivity contribution < 1.29 is 13.9 Å². The first kappa shape index (κ1) is 15.6. The van der Waals surface area contributed by atoms with E-state index in [-0.39, 0.29) is 18.1 Å². The molecule has 0 heterocycles. The summed E-state index contributed by atoms with van der Waals surface area (Å²) in [5.74, 6) is 0. The average Bonchev–Trinajstić information content (AvgIpc) is 2.45. The van der Waals surface area contributed by atoms with Crippen LogP contribution in [0.5, 0.6) is 0 Å². The van der Waals surface area contributed by atoms with Gasteiger partial charge in [0.25, 0.3) is 6.43 Å². The first-order valence-electron chi connectivity index (χ1n) is 6.50. The van der Waals surface area contributed by atoms with Gasteiger partial charge in [0.05, 0.1) is 13.2 Å². The molecule has 0 aliphatic rings. The zero-order valence-electron chi connectivity index (χ0n) is 11.3. The Balaban J connectivity index is 2.58. The number of fused-ring (bicyclic) bond motifs is 1. The van der Waals surface area contributed by atoms with Gasteiger partial charge in [-0.05, 0) is 17.5 Å². The van der Waals surface area contributed by atoms with Crippen LogP contribution in [-0.4, -0.2) is 36.2 Å². The van der Waals surface area contributed by atoms with E-state index in [4.69, 9.17) is 23.1 Å². The molecule has 0 saturated heterocycles. The summed E-state index contributed by atoms with van der Waals surface area (Å²) >= 11 is 5.02. The number of nitrogens with two attached hydrogens (primary N) is 1. The van der Waals surface area contributed by atoms with Crippen molar-refractivity contribution in [1.29, 1.82) is 0 Å². The van der Waals surface area contributed by atoms with E-state index in [1.807, 2.05) is 24.3 Å². The van der Waals surface area contributed by atoms with Crippen molar-refractivity contribution in [2.45, 2.75) is 6.43 Å². The summed E-state index contributed by atoms with van der Waals surface area (Å²) in [7, 11) is 0. The number of aliphatic hydroxyl groups is 1. The molecule has 0 atom stereocenters. The highest BCUT2D eigenvalue weighted by Crippen LogP contribution is 2.30. The van der Waals surface area contributed by atoms with E-state index in [2.05, 4.69) is 0 Å². The fraction of sp³-hybridized carbons (Fsp3) is 0.267. The topological polar surface area (TPSA) is 49.5 Å². The van der Waals surface area contributed by atoms with E-state index in [1.54, 1.807) is 12.1 Å². The lowest BCUT2D eigenvalue weighted by Crippen LogP contribution is -2.31. The Morgan fingerprint density at radius 1 is 1.19 bits per heavy atom. The fourth-order valence-corrected chi connectivity index (χ4v) is 2.55. The second kappa shape index (κ2) is 6.78. The lowest BCUT2D eigenvalue weighted by Gasteiger charge is -2.25. The van der Waals surface area contributed by atoms with Crippen molar-refractivity contribution in [3.05, 3.63) is 42.0 Å². The second-order valence-electron chi connectivity index (χ2n) is 4.60. The van der Waals surface area contributed by atoms with Crippen molar-refractivity contribution in [3.63, 3.8) is 0 Å². The molecule has 3 N–H and O–H groups in total. The van der Waals surface area contributed by atoms with Crippen LogP contribution in [0.1, 0.15) is 5.56 Å². The fourth-order valence-electron chi connectivity index (χ4n) is 2.37. The minimum absolute atomic E-state index is 0.140. The molecule has 0 saturated carbocycles. The van der Waals surface area contributed by atoms with E-state index >= 15 is 0 Å². The first-order valence-corrected chi connectivity index (χ1v) is 6.91. The first-order chi connectivity index (χ1) is 10.0. The maximum Gasteiger partial charge on any atom is 0.255 e. The number of halogens is 2. The molecule has 0 amide bonds. The SMILES string of the molecule is NC(=S)c1ccc(N(CCO)CC(F)F)c2ccccc12. The van der Waals surface area contributed by atoms with E-state index in [1.165, 1.54) is 4.90 Å². The molecular weight excluding hydrogens is 294 g/mol. The minimum Gasteiger partial charge on any atom is -0.395 e. The number of benzene rings is 2. The number of rotatable bonds is 6. The Morgan fingerprint density at radius 3 is 2.43 bits per heavy atom. The van der Waals surface area contributed by atoms with Crippen LogP contribution in [0, 0.1) is 0 Å². The molecule has 0 aliphatic heterocycles. The van der Waals surface area contributed by atoms with Crippen LogP contribution in [0.25, 0.3) is 10.8 Å². The molecule has 112 valence electrons. The summed E-state index contributed by atoms with van der Waals surface area (Å²) in [5.41, 5.74) is 7.06. The van der Waals surface area contributed by atoms with Crippen molar-refractivity contribution in [2.75, 3.05) is 24.6 Å². The molecule has 2 aromatic carbocycles. The lowest BCUT2D eigenvalue weighted by molar-refractivity contribution is 0.153. The molecule has 2 aromatic rings. The molecule has 0 bridgehead atoms. The number of nitrogens with zero attached hydrogens (tertiary/aromatic N) is 1. The molecule has 2 rings (SSSR count). The van der Waals surface area contributed by atoms with Crippen LogP contribution < -0.4 is 10.6 Å². The van der Waals surface area contributed by atoms with Gasteiger partial charge in [-0.15, -0.1) is 0 Å². The van der Waals surface area contributed by atoms with Crippen molar-refractivity contribution in [2.24, 2.45) is 5.73 Å². The molecular formula is C15H16F2N2OS. The van der Waals surface area contributed by atoms with Crippen molar-refractivity contribution in [1.82, 2.24) is 0 Å². The summed E-state index contributed by atoms with van der Waals surface area (Å²) in [6.45, 7) is -0.490. The largest absolute Gasteiger partial charge is 0.395 e. The standard InChI is InChI=1S/C15H16F2N2OS/c16-14(17)9-19(7-8-20)13-6-5-12(15(18)21)10-3-1-2-4-11(10)13/h1-6,14,20H,7-9H2,(H2,18,21). The normalized spacial score (nSPS) is 11.0. The van der Waals surface area contributed by atoms with Crippen molar-refractivity contribution >= 4 is 33.7 Å². The summed E-state index contributed by atoms with van der Waals surface area (Å²) in [6, 6.07) is 10.8. The molecule has 0 spiro atoms. The third-order valence-electron chi connectivity index (χ3n) is 3.24. The average molecular weight is 310 g/mol. The smallest absolute Gasteiger partial charge is 0.255 e. The minimum atomic E-state index is -2.48. The quantitative estimate of drug-likeness (QED) is 0.805. The molecule has 6 heteroatoms. The van der Waals surface area contributed by atoms with E-state index in [9.17, 15) is 8.78 Å². The highest BCUT2D eigenvalue weighted by molar-refractivity contribution is 7.80. The molecule has 3 nitrogen and oxygen atoms in total. The summed E-state index contributed by atoms with van der Waals surface area (Å²) in [6.07, 6.45) is -2.48. The van der Waals surface area contributed by atoms with Crippen LogP contribution >= 0.6 is 12.2 Å². The second-order valence-corrected chi connectivity index (χ2v) is 5.04. The van der Waals surface area contributed by atoms with Crippen LogP contribution in [0.15, 0.2) is 36.4 Å². The van der Waals surface area contributed by atoms with E-state index in [0.29, 0.717) is 11.3 Å². The van der Waals surface area contributed by atoms with Gasteiger partial charge in [-0.25, -0.2) is 8.78 Å². The number of hydrogen-bond acceptors (Lipinski definition) is 3. The number of hydrogen-bond donors (Lipinski definition) is 2. The highest BCUT2D eigenvalue weighted by Gasteiger charge is 2.16. The van der Waals surface area contributed by atoms with Crippen LogP contribution in [0.4, 0.5) is 14.5 Å². The maximum atomic E-state index is 12.7. The third kappa shape index (κ3) is 3.46. The monoisotopic (exact) mass is 310 g/mol. The Labute approximate surface area is 127 Å². The zero-order valence-corrected chi connectivity index (χ0v) is 12.1. The van der Waals surface area contributed by atoms with Gasteiger partial charge in [-0.1, -0.05) is 36.5 Å². The summed E-state index contributed by atoms with van der Waals surface area (Å²) in [5, 5.41) is 10.7. The van der Waals surface area contributed by atoms with Gasteiger partial charge >= 0.3 is 0 Å². The molecule has 0 aromatic heterocycles. The molecule has 0 unspecified atom stereocenters. The van der Waals surface area contributed by atoms with Crippen LogP contribution in [-0.2, 0) is 0 Å². The van der Waals surface area contributed by atoms with Crippen LogP contribution in [0.3, 0.4) is 0 Å².